The Morgan fingerprint density at radius 3 is 2.71 bits per heavy atom. The number of aryl methyl sites for hydroxylation is 1. The number of carbonyl (C=O) groups excluding carboxylic acids is 2. The van der Waals surface area contributed by atoms with Crippen molar-refractivity contribution in [1.29, 1.82) is 0 Å². The van der Waals surface area contributed by atoms with Crippen LogP contribution in [0.15, 0.2) is 27.8 Å². The van der Waals surface area contributed by atoms with Gasteiger partial charge in [0, 0.05) is 23.8 Å². The summed E-state index contributed by atoms with van der Waals surface area (Å²) in [4.78, 5) is 23.3. The molecule has 0 aromatic heterocycles. The Hall–Kier alpha value is -1.93. The van der Waals surface area contributed by atoms with Gasteiger partial charge in [0.05, 0.1) is 13.0 Å². The highest BCUT2D eigenvalue weighted by molar-refractivity contribution is 9.10. The van der Waals surface area contributed by atoms with Crippen LogP contribution in [0.5, 0.6) is 5.75 Å². The fourth-order valence-corrected chi connectivity index (χ4v) is 2.21. The number of carbonyl (C=O) groups is 2. The number of nitrogens with one attached hydrogen (secondary N) is 2. The Bertz CT molecular complexity index is 605. The smallest absolute Gasteiger partial charge is 0.277 e. The van der Waals surface area contributed by atoms with Crippen molar-refractivity contribution in [3.63, 3.8) is 0 Å². The zero-order chi connectivity index (χ0) is 17.9. The van der Waals surface area contributed by atoms with Crippen LogP contribution in [0.4, 0.5) is 0 Å². The van der Waals surface area contributed by atoms with E-state index >= 15 is 0 Å². The first-order valence-corrected chi connectivity index (χ1v) is 8.18. The molecule has 0 aliphatic heterocycles. The van der Waals surface area contributed by atoms with Gasteiger partial charge in [0.15, 0.2) is 6.61 Å². The highest BCUT2D eigenvalue weighted by Crippen LogP contribution is 2.21. The number of ether oxygens (including phenoxy) is 2. The van der Waals surface area contributed by atoms with Crippen molar-refractivity contribution in [2.75, 3.05) is 26.9 Å². The van der Waals surface area contributed by atoms with Crippen molar-refractivity contribution in [3.05, 3.63) is 28.2 Å². The molecule has 0 heterocycles. The molecule has 132 valence electrons. The van der Waals surface area contributed by atoms with E-state index in [2.05, 4.69) is 31.8 Å². The summed E-state index contributed by atoms with van der Waals surface area (Å²) in [5.41, 5.74) is 3.79. The fraction of sp³-hybridized carbons (Fsp3) is 0.438. The Balaban J connectivity index is 2.35. The van der Waals surface area contributed by atoms with Gasteiger partial charge >= 0.3 is 0 Å². The summed E-state index contributed by atoms with van der Waals surface area (Å²) in [6.45, 7) is 4.29. The van der Waals surface area contributed by atoms with E-state index in [9.17, 15) is 9.59 Å². The first kappa shape index (κ1) is 20.1. The summed E-state index contributed by atoms with van der Waals surface area (Å²) in [6, 6.07) is 5.52. The highest BCUT2D eigenvalue weighted by atomic mass is 79.9. The summed E-state index contributed by atoms with van der Waals surface area (Å²) in [5, 5.41) is 6.55. The lowest BCUT2D eigenvalue weighted by Crippen LogP contribution is -2.30. The third kappa shape index (κ3) is 8.07. The molecule has 1 aromatic carbocycles. The largest absolute Gasteiger partial charge is 0.483 e. The first-order valence-electron chi connectivity index (χ1n) is 7.39. The molecule has 0 unspecified atom stereocenters. The van der Waals surface area contributed by atoms with Crippen LogP contribution in [-0.4, -0.2) is 44.4 Å². The molecular formula is C16H22BrN3O4. The van der Waals surface area contributed by atoms with Crippen LogP contribution in [0.3, 0.4) is 0 Å². The van der Waals surface area contributed by atoms with Gasteiger partial charge in [-0.1, -0.05) is 15.9 Å². The lowest BCUT2D eigenvalue weighted by Gasteiger charge is -2.08. The first-order chi connectivity index (χ1) is 11.4. The van der Waals surface area contributed by atoms with E-state index in [0.717, 1.165) is 10.0 Å². The van der Waals surface area contributed by atoms with Crippen molar-refractivity contribution in [2.45, 2.75) is 20.3 Å². The average molecular weight is 400 g/mol. The molecule has 0 fully saturated rings. The molecule has 8 heteroatoms. The molecule has 7 nitrogen and oxygen atoms in total. The van der Waals surface area contributed by atoms with Crippen molar-refractivity contribution >= 4 is 33.5 Å². The monoisotopic (exact) mass is 399 g/mol. The van der Waals surface area contributed by atoms with Gasteiger partial charge in [-0.05, 0) is 37.6 Å². The molecule has 0 spiro atoms. The standard InChI is InChI=1S/C16H22BrN3O4/c1-11-8-13(17)4-5-14(11)24-10-16(22)20-19-12(2)9-15(21)18-6-7-23-3/h4-5,8H,6-7,9-10H2,1-3H3,(H,18,21)(H,20,22). The predicted octanol–water partition coefficient (Wildman–Crippen LogP) is 1.78. The zero-order valence-electron chi connectivity index (χ0n) is 14.0. The Labute approximate surface area is 149 Å². The summed E-state index contributed by atoms with van der Waals surface area (Å²) in [7, 11) is 1.56. The van der Waals surface area contributed by atoms with E-state index < -0.39 is 5.91 Å². The van der Waals surface area contributed by atoms with E-state index in [1.54, 1.807) is 20.1 Å². The summed E-state index contributed by atoms with van der Waals surface area (Å²) in [6.07, 6.45) is 0.108. The van der Waals surface area contributed by atoms with Gasteiger partial charge in [-0.15, -0.1) is 0 Å². The molecule has 1 rings (SSSR count). The van der Waals surface area contributed by atoms with Crippen LogP contribution >= 0.6 is 15.9 Å². The molecule has 0 saturated carbocycles. The van der Waals surface area contributed by atoms with Gasteiger partial charge in [0.2, 0.25) is 5.91 Å². The molecule has 0 radical (unpaired) electrons. The van der Waals surface area contributed by atoms with Crippen molar-refractivity contribution in [2.24, 2.45) is 5.10 Å². The molecular weight excluding hydrogens is 378 g/mol. The molecule has 2 amide bonds. The van der Waals surface area contributed by atoms with Crippen LogP contribution in [0.2, 0.25) is 0 Å². The third-order valence-electron chi connectivity index (χ3n) is 2.91. The summed E-state index contributed by atoms with van der Waals surface area (Å²) >= 11 is 3.36. The number of hydrogen-bond donors (Lipinski definition) is 2. The van der Waals surface area contributed by atoms with Crippen LogP contribution in [-0.2, 0) is 14.3 Å². The Morgan fingerprint density at radius 2 is 2.04 bits per heavy atom. The Morgan fingerprint density at radius 1 is 1.29 bits per heavy atom. The van der Waals surface area contributed by atoms with Gasteiger partial charge < -0.3 is 14.8 Å². The fourth-order valence-electron chi connectivity index (χ4n) is 1.74. The average Bonchev–Trinajstić information content (AvgIpc) is 2.52. The van der Waals surface area contributed by atoms with Crippen LogP contribution in [0, 0.1) is 6.92 Å². The molecule has 0 aliphatic rings. The van der Waals surface area contributed by atoms with E-state index in [1.165, 1.54) is 0 Å². The minimum Gasteiger partial charge on any atom is -0.483 e. The topological polar surface area (TPSA) is 89.0 Å². The molecule has 24 heavy (non-hydrogen) atoms. The maximum absolute atomic E-state index is 11.7. The number of hydrazone groups is 1. The summed E-state index contributed by atoms with van der Waals surface area (Å²) < 4.78 is 11.2. The number of hydrogen-bond acceptors (Lipinski definition) is 5. The van der Waals surface area contributed by atoms with E-state index in [0.29, 0.717) is 24.6 Å². The van der Waals surface area contributed by atoms with E-state index in [1.807, 2.05) is 19.1 Å². The number of methoxy groups -OCH3 is 1. The maximum Gasteiger partial charge on any atom is 0.277 e. The number of halogens is 1. The van der Waals surface area contributed by atoms with Crippen LogP contribution in [0.25, 0.3) is 0 Å². The lowest BCUT2D eigenvalue weighted by molar-refractivity contribution is -0.123. The minimum atomic E-state index is -0.392. The predicted molar refractivity (Wildman–Crippen MR) is 95.1 cm³/mol. The van der Waals surface area contributed by atoms with Crippen LogP contribution < -0.4 is 15.5 Å². The maximum atomic E-state index is 11.7. The Kier molecular flexibility index (Phi) is 9.03. The van der Waals surface area contributed by atoms with Gasteiger partial charge in [-0.3, -0.25) is 9.59 Å². The minimum absolute atomic E-state index is 0.108. The number of amides is 2. The number of nitrogens with zero attached hydrogens (tertiary/aromatic N) is 1. The lowest BCUT2D eigenvalue weighted by atomic mass is 10.2. The van der Waals surface area contributed by atoms with Crippen LogP contribution in [0.1, 0.15) is 18.9 Å². The van der Waals surface area contributed by atoms with E-state index in [4.69, 9.17) is 9.47 Å². The van der Waals surface area contributed by atoms with Gasteiger partial charge in [0.25, 0.3) is 5.91 Å². The SMILES string of the molecule is COCCNC(=O)CC(C)=NNC(=O)COc1ccc(Br)cc1C. The van der Waals surface area contributed by atoms with Crippen molar-refractivity contribution in [1.82, 2.24) is 10.7 Å². The molecule has 0 aliphatic carbocycles. The highest BCUT2D eigenvalue weighted by Gasteiger charge is 2.06. The van der Waals surface area contributed by atoms with Gasteiger partial charge in [-0.2, -0.15) is 5.10 Å². The van der Waals surface area contributed by atoms with Crippen molar-refractivity contribution < 1.29 is 19.1 Å². The molecule has 0 bridgehead atoms. The van der Waals surface area contributed by atoms with Gasteiger partial charge in [0.1, 0.15) is 5.75 Å². The molecule has 1 aromatic rings. The second-order valence-electron chi connectivity index (χ2n) is 5.10. The molecule has 2 N–H and O–H groups in total. The second kappa shape index (κ2) is 10.8. The number of benzene rings is 1. The van der Waals surface area contributed by atoms with E-state index in [-0.39, 0.29) is 18.9 Å². The number of rotatable bonds is 9. The normalized spacial score (nSPS) is 11.1. The van der Waals surface area contributed by atoms with Crippen molar-refractivity contribution in [3.8, 4) is 5.75 Å². The summed E-state index contributed by atoms with van der Waals surface area (Å²) in [5.74, 6) is 0.0623. The molecule has 0 atom stereocenters. The quantitative estimate of drug-likeness (QED) is 0.376. The zero-order valence-corrected chi connectivity index (χ0v) is 15.6. The third-order valence-corrected chi connectivity index (χ3v) is 3.41. The second-order valence-corrected chi connectivity index (χ2v) is 6.02. The van der Waals surface area contributed by atoms with Gasteiger partial charge in [-0.25, -0.2) is 5.43 Å². The molecule has 0 saturated heterocycles.